The summed E-state index contributed by atoms with van der Waals surface area (Å²) in [4.78, 5) is 0. The van der Waals surface area contributed by atoms with Crippen LogP contribution in [0.2, 0.25) is 5.02 Å². The van der Waals surface area contributed by atoms with Crippen LogP contribution in [-0.2, 0) is 30.7 Å². The van der Waals surface area contributed by atoms with Gasteiger partial charge in [0.05, 0.1) is 23.4 Å². The van der Waals surface area contributed by atoms with Gasteiger partial charge in [-0.1, -0.05) is 61.2 Å². The molecule has 4 rings (SSSR count). The fourth-order valence-corrected chi connectivity index (χ4v) is 4.57. The Balaban J connectivity index is 1.35. The molecule has 0 bridgehead atoms. The minimum absolute atomic E-state index is 0.458. The maximum atomic E-state index is 6.52. The zero-order valence-electron chi connectivity index (χ0n) is 16.6. The Morgan fingerprint density at radius 1 is 0.929 bits per heavy atom. The molecule has 0 unspecified atom stereocenters. The van der Waals surface area contributed by atoms with Gasteiger partial charge in [0, 0.05) is 6.54 Å². The van der Waals surface area contributed by atoms with E-state index >= 15 is 0 Å². The first-order valence-corrected chi connectivity index (χ1v) is 11.1. The number of benzene rings is 2. The molecule has 28 heavy (non-hydrogen) atoms. The van der Waals surface area contributed by atoms with Crippen LogP contribution in [0.25, 0.3) is 0 Å². The van der Waals surface area contributed by atoms with Gasteiger partial charge in [-0.2, -0.15) is 0 Å². The largest absolute Gasteiger partial charge is 0.380 e. The summed E-state index contributed by atoms with van der Waals surface area (Å²) >= 11 is 6.52. The molecule has 1 saturated carbocycles. The molecule has 1 fully saturated rings. The van der Waals surface area contributed by atoms with Crippen LogP contribution < -0.4 is 10.6 Å². The Morgan fingerprint density at radius 2 is 1.68 bits per heavy atom. The molecule has 2 N–H and O–H groups in total. The van der Waals surface area contributed by atoms with Gasteiger partial charge in [0.25, 0.3) is 0 Å². The van der Waals surface area contributed by atoms with Gasteiger partial charge in [-0.25, -0.2) is 0 Å². The van der Waals surface area contributed by atoms with Crippen molar-refractivity contribution in [2.45, 2.75) is 64.2 Å². The highest BCUT2D eigenvalue weighted by molar-refractivity contribution is 6.33. The maximum absolute atomic E-state index is 6.52. The van der Waals surface area contributed by atoms with E-state index in [0.29, 0.717) is 6.10 Å². The van der Waals surface area contributed by atoms with Crippen molar-refractivity contribution in [3.8, 4) is 0 Å². The SMILES string of the molecule is Clc1ccc2c(c1NCc1ccc(COC3CCCCC3)cc1)CCNCC2. The van der Waals surface area contributed by atoms with Crippen LogP contribution in [0.15, 0.2) is 36.4 Å². The minimum atomic E-state index is 0.458. The average molecular weight is 399 g/mol. The lowest BCUT2D eigenvalue weighted by Crippen LogP contribution is -2.16. The molecule has 2 aromatic rings. The summed E-state index contributed by atoms with van der Waals surface area (Å²) in [5, 5.41) is 7.89. The van der Waals surface area contributed by atoms with Gasteiger partial charge >= 0.3 is 0 Å². The van der Waals surface area contributed by atoms with Crippen LogP contribution in [0.3, 0.4) is 0 Å². The highest BCUT2D eigenvalue weighted by Gasteiger charge is 2.15. The minimum Gasteiger partial charge on any atom is -0.380 e. The van der Waals surface area contributed by atoms with E-state index in [-0.39, 0.29) is 0 Å². The fourth-order valence-electron chi connectivity index (χ4n) is 4.32. The van der Waals surface area contributed by atoms with E-state index in [1.165, 1.54) is 54.4 Å². The third-order valence-electron chi connectivity index (χ3n) is 6.01. The van der Waals surface area contributed by atoms with E-state index in [2.05, 4.69) is 41.0 Å². The lowest BCUT2D eigenvalue weighted by Gasteiger charge is -2.22. The van der Waals surface area contributed by atoms with Crippen molar-refractivity contribution in [2.24, 2.45) is 0 Å². The molecule has 1 aliphatic carbocycles. The number of hydrogen-bond donors (Lipinski definition) is 2. The Morgan fingerprint density at radius 3 is 2.50 bits per heavy atom. The first-order chi connectivity index (χ1) is 13.8. The molecule has 0 spiro atoms. The van der Waals surface area contributed by atoms with E-state index in [9.17, 15) is 0 Å². The summed E-state index contributed by atoms with van der Waals surface area (Å²) in [5.74, 6) is 0. The van der Waals surface area contributed by atoms with Gasteiger partial charge < -0.3 is 15.4 Å². The van der Waals surface area contributed by atoms with Gasteiger partial charge in [-0.15, -0.1) is 0 Å². The van der Waals surface area contributed by atoms with E-state index in [0.717, 1.165) is 49.8 Å². The molecule has 3 nitrogen and oxygen atoms in total. The molecule has 4 heteroatoms. The summed E-state index contributed by atoms with van der Waals surface area (Å²) in [6.07, 6.45) is 8.99. The Bertz CT molecular complexity index is 769. The second-order valence-electron chi connectivity index (χ2n) is 8.05. The zero-order valence-corrected chi connectivity index (χ0v) is 17.4. The van der Waals surface area contributed by atoms with Crippen molar-refractivity contribution < 1.29 is 4.74 Å². The Labute approximate surface area is 173 Å². The van der Waals surface area contributed by atoms with Crippen molar-refractivity contribution in [1.82, 2.24) is 5.32 Å². The van der Waals surface area contributed by atoms with Crippen LogP contribution in [0, 0.1) is 0 Å². The van der Waals surface area contributed by atoms with Crippen molar-refractivity contribution in [1.29, 1.82) is 0 Å². The number of halogens is 1. The summed E-state index contributed by atoms with van der Waals surface area (Å²) in [6.45, 7) is 3.56. The van der Waals surface area contributed by atoms with Crippen molar-refractivity contribution in [3.63, 3.8) is 0 Å². The monoisotopic (exact) mass is 398 g/mol. The molecule has 0 atom stereocenters. The van der Waals surface area contributed by atoms with Crippen LogP contribution in [-0.4, -0.2) is 19.2 Å². The lowest BCUT2D eigenvalue weighted by molar-refractivity contribution is 0.0169. The third kappa shape index (κ3) is 5.08. The molecule has 1 heterocycles. The maximum Gasteiger partial charge on any atom is 0.0720 e. The number of anilines is 1. The molecule has 150 valence electrons. The molecule has 2 aromatic carbocycles. The highest BCUT2D eigenvalue weighted by atomic mass is 35.5. The number of rotatable bonds is 6. The zero-order chi connectivity index (χ0) is 19.2. The molecule has 2 aliphatic rings. The van der Waals surface area contributed by atoms with Gasteiger partial charge in [-0.05, 0) is 67.1 Å². The van der Waals surface area contributed by atoms with E-state index in [1.54, 1.807) is 0 Å². The predicted octanol–water partition coefficient (Wildman–Crippen LogP) is 5.49. The normalized spacial score (nSPS) is 17.8. The van der Waals surface area contributed by atoms with Gasteiger partial charge in [-0.3, -0.25) is 0 Å². The summed E-state index contributed by atoms with van der Waals surface area (Å²) < 4.78 is 6.09. The molecular weight excluding hydrogens is 368 g/mol. The smallest absolute Gasteiger partial charge is 0.0720 e. The van der Waals surface area contributed by atoms with Crippen molar-refractivity contribution >= 4 is 17.3 Å². The summed E-state index contributed by atoms with van der Waals surface area (Å²) in [6, 6.07) is 13.0. The van der Waals surface area contributed by atoms with Gasteiger partial charge in [0.1, 0.15) is 0 Å². The average Bonchev–Trinajstić information content (AvgIpc) is 2.99. The van der Waals surface area contributed by atoms with Crippen molar-refractivity contribution in [2.75, 3.05) is 18.4 Å². The predicted molar refractivity (Wildman–Crippen MR) is 117 cm³/mol. The second kappa shape index (κ2) is 9.78. The Hall–Kier alpha value is -1.55. The number of fused-ring (bicyclic) bond motifs is 1. The summed E-state index contributed by atoms with van der Waals surface area (Å²) in [5.41, 5.74) is 6.41. The van der Waals surface area contributed by atoms with Crippen LogP contribution >= 0.6 is 11.6 Å². The quantitative estimate of drug-likeness (QED) is 0.675. The molecule has 1 aliphatic heterocycles. The number of hydrogen-bond acceptors (Lipinski definition) is 3. The molecule has 0 aromatic heterocycles. The standard InChI is InChI=1S/C24H31ClN2O/c25-23-11-10-20-12-14-26-15-13-22(20)24(23)27-16-18-6-8-19(9-7-18)17-28-21-4-2-1-3-5-21/h6-11,21,26-27H,1-5,12-17H2. The molecular formula is C24H31ClN2O. The first-order valence-electron chi connectivity index (χ1n) is 10.7. The summed E-state index contributed by atoms with van der Waals surface area (Å²) in [7, 11) is 0. The third-order valence-corrected chi connectivity index (χ3v) is 6.33. The molecule has 0 radical (unpaired) electrons. The van der Waals surface area contributed by atoms with Crippen molar-refractivity contribution in [3.05, 3.63) is 63.7 Å². The van der Waals surface area contributed by atoms with E-state index in [4.69, 9.17) is 16.3 Å². The van der Waals surface area contributed by atoms with E-state index in [1.807, 2.05) is 6.07 Å². The Kier molecular flexibility index (Phi) is 6.90. The van der Waals surface area contributed by atoms with Crippen LogP contribution in [0.1, 0.15) is 54.4 Å². The van der Waals surface area contributed by atoms with Gasteiger partial charge in [0.2, 0.25) is 0 Å². The molecule has 0 saturated heterocycles. The highest BCUT2D eigenvalue weighted by Crippen LogP contribution is 2.31. The van der Waals surface area contributed by atoms with Crippen LogP contribution in [0.5, 0.6) is 0 Å². The van der Waals surface area contributed by atoms with Crippen LogP contribution in [0.4, 0.5) is 5.69 Å². The first kappa shape index (κ1) is 19.8. The number of ether oxygens (including phenoxy) is 1. The lowest BCUT2D eigenvalue weighted by atomic mass is 9.98. The second-order valence-corrected chi connectivity index (χ2v) is 8.46. The topological polar surface area (TPSA) is 33.3 Å². The fraction of sp³-hybridized carbons (Fsp3) is 0.500. The molecule has 0 amide bonds. The van der Waals surface area contributed by atoms with E-state index < -0.39 is 0 Å². The van der Waals surface area contributed by atoms with Gasteiger partial charge in [0.15, 0.2) is 0 Å². The number of nitrogens with one attached hydrogen (secondary N) is 2.